The Morgan fingerprint density at radius 1 is 1.05 bits per heavy atom. The standard InChI is InChI=1S/C14H7F5O2/c15-11-3-1-2-8(12(11)16)7-4-5-9(13(20)21)10(6-7)14(17,18)19/h1-6H,(H,20,21). The summed E-state index contributed by atoms with van der Waals surface area (Å²) in [6, 6.07) is 5.28. The van der Waals surface area contributed by atoms with Crippen LogP contribution in [0, 0.1) is 11.6 Å². The first-order chi connectivity index (χ1) is 9.71. The fourth-order valence-corrected chi connectivity index (χ4v) is 1.86. The molecule has 0 aliphatic rings. The molecule has 7 heteroatoms. The number of carboxylic acids is 1. The predicted molar refractivity (Wildman–Crippen MR) is 63.8 cm³/mol. The van der Waals surface area contributed by atoms with Crippen molar-refractivity contribution in [3.8, 4) is 11.1 Å². The largest absolute Gasteiger partial charge is 0.478 e. The minimum Gasteiger partial charge on any atom is -0.478 e. The average molecular weight is 302 g/mol. The second-order valence-corrected chi connectivity index (χ2v) is 4.16. The maximum Gasteiger partial charge on any atom is 0.417 e. The maximum absolute atomic E-state index is 13.6. The van der Waals surface area contributed by atoms with Crippen LogP contribution in [0.1, 0.15) is 15.9 Å². The summed E-state index contributed by atoms with van der Waals surface area (Å²) < 4.78 is 65.3. The zero-order valence-electron chi connectivity index (χ0n) is 10.2. The third-order valence-corrected chi connectivity index (χ3v) is 2.82. The number of benzene rings is 2. The Morgan fingerprint density at radius 2 is 1.71 bits per heavy atom. The van der Waals surface area contributed by atoms with E-state index < -0.39 is 34.9 Å². The van der Waals surface area contributed by atoms with E-state index in [-0.39, 0.29) is 11.1 Å². The lowest BCUT2D eigenvalue weighted by Gasteiger charge is -2.12. The highest BCUT2D eigenvalue weighted by molar-refractivity contribution is 5.90. The molecule has 0 bridgehead atoms. The van der Waals surface area contributed by atoms with E-state index in [9.17, 15) is 26.7 Å². The van der Waals surface area contributed by atoms with Crippen LogP contribution in [0.3, 0.4) is 0 Å². The van der Waals surface area contributed by atoms with E-state index in [1.165, 1.54) is 0 Å². The summed E-state index contributed by atoms with van der Waals surface area (Å²) in [5.74, 6) is -4.26. The van der Waals surface area contributed by atoms with E-state index in [1.54, 1.807) is 0 Å². The monoisotopic (exact) mass is 302 g/mol. The van der Waals surface area contributed by atoms with Gasteiger partial charge in [0.05, 0.1) is 11.1 Å². The SMILES string of the molecule is O=C(O)c1ccc(-c2cccc(F)c2F)cc1C(F)(F)F. The number of hydrogen-bond acceptors (Lipinski definition) is 1. The Morgan fingerprint density at radius 3 is 2.29 bits per heavy atom. The number of carbonyl (C=O) groups is 1. The molecule has 0 spiro atoms. The van der Waals surface area contributed by atoms with Crippen LogP contribution in [-0.4, -0.2) is 11.1 Å². The maximum atomic E-state index is 13.6. The van der Waals surface area contributed by atoms with Crippen molar-refractivity contribution < 1.29 is 31.9 Å². The van der Waals surface area contributed by atoms with Crippen molar-refractivity contribution in [3.05, 3.63) is 59.2 Å². The van der Waals surface area contributed by atoms with Crippen LogP contribution < -0.4 is 0 Å². The van der Waals surface area contributed by atoms with Gasteiger partial charge in [-0.3, -0.25) is 0 Å². The van der Waals surface area contributed by atoms with Crippen LogP contribution in [0.5, 0.6) is 0 Å². The molecule has 0 heterocycles. The summed E-state index contributed by atoms with van der Waals surface area (Å²) in [5, 5.41) is 8.76. The molecule has 0 saturated carbocycles. The number of carboxylic acid groups (broad SMARTS) is 1. The minimum absolute atomic E-state index is 0.260. The van der Waals surface area contributed by atoms with Crippen molar-refractivity contribution in [3.63, 3.8) is 0 Å². The van der Waals surface area contributed by atoms with Crippen molar-refractivity contribution in [2.24, 2.45) is 0 Å². The number of halogens is 5. The van der Waals surface area contributed by atoms with Gasteiger partial charge in [0.2, 0.25) is 0 Å². The van der Waals surface area contributed by atoms with Gasteiger partial charge in [-0.15, -0.1) is 0 Å². The zero-order valence-corrected chi connectivity index (χ0v) is 10.2. The van der Waals surface area contributed by atoms with Crippen molar-refractivity contribution in [2.75, 3.05) is 0 Å². The fourth-order valence-electron chi connectivity index (χ4n) is 1.86. The normalized spacial score (nSPS) is 11.5. The molecule has 0 aromatic heterocycles. The smallest absolute Gasteiger partial charge is 0.417 e. The first-order valence-electron chi connectivity index (χ1n) is 5.60. The highest BCUT2D eigenvalue weighted by Crippen LogP contribution is 2.35. The van der Waals surface area contributed by atoms with Gasteiger partial charge in [0, 0.05) is 5.56 Å². The molecule has 0 aliphatic heterocycles. The second-order valence-electron chi connectivity index (χ2n) is 4.16. The lowest BCUT2D eigenvalue weighted by atomic mass is 9.98. The van der Waals surface area contributed by atoms with E-state index in [1.807, 2.05) is 0 Å². The van der Waals surface area contributed by atoms with E-state index in [0.717, 1.165) is 24.3 Å². The Labute approximate surface area is 115 Å². The molecule has 110 valence electrons. The Balaban J connectivity index is 2.68. The van der Waals surface area contributed by atoms with Gasteiger partial charge in [0.1, 0.15) is 0 Å². The van der Waals surface area contributed by atoms with Crippen LogP contribution in [0.2, 0.25) is 0 Å². The first-order valence-corrected chi connectivity index (χ1v) is 5.60. The Bertz CT molecular complexity index is 707. The summed E-state index contributed by atoms with van der Waals surface area (Å²) >= 11 is 0. The first kappa shape index (κ1) is 15.0. The molecule has 0 fully saturated rings. The number of hydrogen-bond donors (Lipinski definition) is 1. The average Bonchev–Trinajstić information content (AvgIpc) is 2.40. The zero-order chi connectivity index (χ0) is 15.8. The number of alkyl halides is 3. The van der Waals surface area contributed by atoms with Gasteiger partial charge in [0.15, 0.2) is 11.6 Å². The Kier molecular flexibility index (Phi) is 3.67. The van der Waals surface area contributed by atoms with Crippen LogP contribution in [0.15, 0.2) is 36.4 Å². The molecule has 21 heavy (non-hydrogen) atoms. The molecule has 0 aliphatic carbocycles. The van der Waals surface area contributed by atoms with Crippen molar-refractivity contribution >= 4 is 5.97 Å². The summed E-state index contributed by atoms with van der Waals surface area (Å²) in [6.45, 7) is 0. The molecule has 0 radical (unpaired) electrons. The van der Waals surface area contributed by atoms with Crippen molar-refractivity contribution in [2.45, 2.75) is 6.18 Å². The lowest BCUT2D eigenvalue weighted by molar-refractivity contribution is -0.138. The minimum atomic E-state index is -4.92. The summed E-state index contributed by atoms with van der Waals surface area (Å²) in [6.07, 6.45) is -4.92. The van der Waals surface area contributed by atoms with E-state index in [2.05, 4.69) is 0 Å². The second kappa shape index (κ2) is 5.16. The van der Waals surface area contributed by atoms with E-state index in [0.29, 0.717) is 12.1 Å². The highest BCUT2D eigenvalue weighted by atomic mass is 19.4. The fraction of sp³-hybridized carbons (Fsp3) is 0.0714. The molecular formula is C14H7F5O2. The van der Waals surface area contributed by atoms with Crippen LogP contribution in [0.25, 0.3) is 11.1 Å². The summed E-state index contributed by atoms with van der Waals surface area (Å²) in [5.41, 5.74) is -3.01. The highest BCUT2D eigenvalue weighted by Gasteiger charge is 2.35. The molecule has 0 unspecified atom stereocenters. The van der Waals surface area contributed by atoms with Crippen LogP contribution >= 0.6 is 0 Å². The van der Waals surface area contributed by atoms with Gasteiger partial charge in [-0.2, -0.15) is 13.2 Å². The molecule has 2 nitrogen and oxygen atoms in total. The van der Waals surface area contributed by atoms with Gasteiger partial charge in [-0.25, -0.2) is 13.6 Å². The van der Waals surface area contributed by atoms with Gasteiger partial charge in [0.25, 0.3) is 0 Å². The van der Waals surface area contributed by atoms with Crippen molar-refractivity contribution in [1.82, 2.24) is 0 Å². The number of aromatic carboxylic acids is 1. The molecule has 0 saturated heterocycles. The van der Waals surface area contributed by atoms with E-state index in [4.69, 9.17) is 5.11 Å². The molecule has 0 atom stereocenters. The predicted octanol–water partition coefficient (Wildman–Crippen LogP) is 4.35. The molecule has 0 amide bonds. The Hall–Kier alpha value is -2.44. The molecule has 2 aromatic carbocycles. The van der Waals surface area contributed by atoms with E-state index >= 15 is 0 Å². The molecule has 2 aromatic rings. The third kappa shape index (κ3) is 2.86. The van der Waals surface area contributed by atoms with Crippen molar-refractivity contribution in [1.29, 1.82) is 0 Å². The molecular weight excluding hydrogens is 295 g/mol. The quantitative estimate of drug-likeness (QED) is 0.837. The third-order valence-electron chi connectivity index (χ3n) is 2.82. The summed E-state index contributed by atoms with van der Waals surface area (Å²) in [7, 11) is 0. The van der Waals surface area contributed by atoms with Gasteiger partial charge in [-0.05, 0) is 23.8 Å². The van der Waals surface area contributed by atoms with Crippen LogP contribution in [0.4, 0.5) is 22.0 Å². The van der Waals surface area contributed by atoms with Gasteiger partial charge >= 0.3 is 12.1 Å². The van der Waals surface area contributed by atoms with Crippen LogP contribution in [-0.2, 0) is 6.18 Å². The molecule has 2 rings (SSSR count). The number of rotatable bonds is 2. The van der Waals surface area contributed by atoms with Gasteiger partial charge < -0.3 is 5.11 Å². The lowest BCUT2D eigenvalue weighted by Crippen LogP contribution is -2.13. The van der Waals surface area contributed by atoms with Gasteiger partial charge in [-0.1, -0.05) is 18.2 Å². The molecule has 1 N–H and O–H groups in total. The topological polar surface area (TPSA) is 37.3 Å². The summed E-state index contributed by atoms with van der Waals surface area (Å²) in [4.78, 5) is 10.8.